The number of hydrogen-bond donors (Lipinski definition) is 0. The van der Waals surface area contributed by atoms with Crippen LogP contribution in [0.4, 0.5) is 0 Å². The average Bonchev–Trinajstić information content (AvgIpc) is 2.67. The zero-order chi connectivity index (χ0) is 25.6. The zero-order valence-electron chi connectivity index (χ0n) is 21.8. The smallest absolute Gasteiger partial charge is 0.333 e. The lowest BCUT2D eigenvalue weighted by Crippen LogP contribution is -2.59. The molecule has 0 N–H and O–H groups in total. The van der Waals surface area contributed by atoms with Gasteiger partial charge in [0, 0.05) is 11.6 Å². The summed E-state index contributed by atoms with van der Waals surface area (Å²) in [5.74, 6) is 0.875. The van der Waals surface area contributed by atoms with E-state index in [1.807, 2.05) is 33.5 Å². The Hall–Kier alpha value is -1.60. The van der Waals surface area contributed by atoms with Gasteiger partial charge < -0.3 is 27.8 Å². The molecule has 0 aliphatic heterocycles. The van der Waals surface area contributed by atoms with Gasteiger partial charge in [-0.25, -0.2) is 4.79 Å². The number of carbonyl (C=O) groups is 1. The van der Waals surface area contributed by atoms with Crippen LogP contribution in [-0.2, 0) is 18.4 Å². The first-order chi connectivity index (χ1) is 15.1. The molecule has 2 atom stereocenters. The third kappa shape index (κ3) is 8.93. The van der Waals surface area contributed by atoms with E-state index in [0.717, 1.165) is 0 Å². The average molecular weight is 512 g/mol. The lowest BCUT2D eigenvalue weighted by molar-refractivity contribution is -0.196. The Morgan fingerprint density at radius 3 is 1.94 bits per heavy atom. The SMILES string of the molecule is COc1ccc(C=CC(=O)OC([Si])(O[Si](C)(C)C)C(O[Si](C)(C)C)C(C)C)c(OC)c1OC. The third-order valence-corrected chi connectivity index (χ3v) is 6.87. The van der Waals surface area contributed by atoms with Crippen LogP contribution in [0, 0.1) is 5.92 Å². The van der Waals surface area contributed by atoms with Crippen LogP contribution in [0.2, 0.25) is 39.3 Å². The second-order valence-electron chi connectivity index (χ2n) is 9.95. The van der Waals surface area contributed by atoms with Gasteiger partial charge in [-0.05, 0) is 63.4 Å². The molecular weight excluding hydrogens is 473 g/mol. The van der Waals surface area contributed by atoms with Gasteiger partial charge in [-0.1, -0.05) is 13.8 Å². The number of carbonyl (C=O) groups excluding carboxylic acids is 1. The van der Waals surface area contributed by atoms with Gasteiger partial charge in [0.05, 0.1) is 21.3 Å². The number of methoxy groups -OCH3 is 3. The Bertz CT molecular complexity index is 829. The monoisotopic (exact) mass is 511 g/mol. The summed E-state index contributed by atoms with van der Waals surface area (Å²) in [4.78, 5) is 12.9. The fraction of sp³-hybridized carbons (Fsp3) is 0.609. The third-order valence-electron chi connectivity index (χ3n) is 4.30. The van der Waals surface area contributed by atoms with Crippen molar-refractivity contribution < 1.29 is 32.6 Å². The maximum atomic E-state index is 12.9. The number of ether oxygens (including phenoxy) is 4. The minimum absolute atomic E-state index is 0.0355. The molecule has 0 bridgehead atoms. The van der Waals surface area contributed by atoms with Crippen LogP contribution >= 0.6 is 0 Å². The molecule has 0 amide bonds. The molecule has 0 aliphatic rings. The summed E-state index contributed by atoms with van der Waals surface area (Å²) in [6.45, 7) is 16.4. The molecule has 10 heteroatoms. The Balaban J connectivity index is 3.30. The van der Waals surface area contributed by atoms with Crippen LogP contribution in [0.3, 0.4) is 0 Å². The molecule has 0 heterocycles. The maximum absolute atomic E-state index is 12.9. The standard InChI is InChI=1S/C23H39O7Si3/c1-16(2)22(29-32(6,7)8)23(31,30-33(9,10)11)28-19(24)15-13-17-12-14-18(25-3)21(27-5)20(17)26-4/h12-16,22H,1-11H3. The molecule has 1 aromatic carbocycles. The van der Waals surface area contributed by atoms with E-state index in [9.17, 15) is 4.79 Å². The Morgan fingerprint density at radius 1 is 0.939 bits per heavy atom. The van der Waals surface area contributed by atoms with Crippen molar-refractivity contribution in [1.82, 2.24) is 0 Å². The summed E-state index contributed by atoms with van der Waals surface area (Å²) in [5, 5.41) is 0. The minimum Gasteiger partial charge on any atom is -0.493 e. The zero-order valence-corrected chi connectivity index (χ0v) is 24.8. The van der Waals surface area contributed by atoms with Gasteiger partial charge in [-0.2, -0.15) is 0 Å². The molecule has 7 nitrogen and oxygen atoms in total. The molecule has 0 fully saturated rings. The molecule has 2 unspecified atom stereocenters. The van der Waals surface area contributed by atoms with Crippen molar-refractivity contribution in [1.29, 1.82) is 0 Å². The molecule has 33 heavy (non-hydrogen) atoms. The molecule has 1 aromatic rings. The van der Waals surface area contributed by atoms with Crippen LogP contribution in [0.25, 0.3) is 6.08 Å². The molecule has 0 spiro atoms. The summed E-state index contributed by atoms with van der Waals surface area (Å²) in [7, 11) is 4.17. The predicted octanol–water partition coefficient (Wildman–Crippen LogP) is 4.82. The van der Waals surface area contributed by atoms with E-state index in [1.165, 1.54) is 20.3 Å². The molecule has 185 valence electrons. The van der Waals surface area contributed by atoms with E-state index in [0.29, 0.717) is 22.8 Å². The van der Waals surface area contributed by atoms with Crippen molar-refractivity contribution in [2.75, 3.05) is 21.3 Å². The van der Waals surface area contributed by atoms with Crippen molar-refractivity contribution in [3.05, 3.63) is 23.8 Å². The highest BCUT2D eigenvalue weighted by Gasteiger charge is 2.46. The Kier molecular flexibility index (Phi) is 10.4. The Morgan fingerprint density at radius 2 is 1.52 bits per heavy atom. The lowest BCUT2D eigenvalue weighted by atomic mass is 10.1. The summed E-state index contributed by atoms with van der Waals surface area (Å²) in [6.07, 6.45) is 2.45. The van der Waals surface area contributed by atoms with E-state index in [-0.39, 0.29) is 5.92 Å². The van der Waals surface area contributed by atoms with Crippen LogP contribution in [0.1, 0.15) is 19.4 Å². The molecule has 0 aliphatic carbocycles. The largest absolute Gasteiger partial charge is 0.493 e. The van der Waals surface area contributed by atoms with Crippen molar-refractivity contribution in [3.63, 3.8) is 0 Å². The van der Waals surface area contributed by atoms with Gasteiger partial charge in [0.1, 0.15) is 16.3 Å². The van der Waals surface area contributed by atoms with E-state index in [2.05, 4.69) is 29.9 Å². The van der Waals surface area contributed by atoms with Crippen LogP contribution in [0.15, 0.2) is 18.2 Å². The first-order valence-electron chi connectivity index (χ1n) is 10.9. The number of rotatable bonds is 12. The van der Waals surface area contributed by atoms with Gasteiger partial charge in [-0.15, -0.1) is 0 Å². The summed E-state index contributed by atoms with van der Waals surface area (Å²) in [6, 6.07) is 3.51. The first-order valence-corrected chi connectivity index (χ1v) is 18.2. The van der Waals surface area contributed by atoms with Gasteiger partial charge in [-0.3, -0.25) is 0 Å². The lowest BCUT2D eigenvalue weighted by Gasteiger charge is -2.44. The summed E-state index contributed by atoms with van der Waals surface area (Å²) in [5.41, 5.74) is -0.779. The highest BCUT2D eigenvalue weighted by molar-refractivity contribution is 6.70. The van der Waals surface area contributed by atoms with Gasteiger partial charge in [0.25, 0.3) is 0 Å². The second-order valence-corrected chi connectivity index (χ2v) is 19.5. The maximum Gasteiger partial charge on any atom is 0.333 e. The highest BCUT2D eigenvalue weighted by Crippen LogP contribution is 2.40. The molecule has 0 saturated carbocycles. The number of benzene rings is 1. The van der Waals surface area contributed by atoms with Crippen LogP contribution in [-0.4, -0.2) is 65.7 Å². The van der Waals surface area contributed by atoms with Crippen LogP contribution < -0.4 is 14.2 Å². The van der Waals surface area contributed by atoms with E-state index in [4.69, 9.17) is 27.8 Å². The molecular formula is C23H39O7Si3. The molecule has 0 saturated heterocycles. The minimum atomic E-state index is -2.13. The number of esters is 1. The normalized spacial score (nSPS) is 15.3. The molecule has 0 aromatic heterocycles. The van der Waals surface area contributed by atoms with Crippen molar-refractivity contribution in [2.45, 2.75) is 64.6 Å². The Labute approximate surface area is 204 Å². The first kappa shape index (κ1) is 29.4. The number of hydrogen-bond acceptors (Lipinski definition) is 7. The second kappa shape index (κ2) is 11.7. The fourth-order valence-corrected chi connectivity index (χ4v) is 7.01. The van der Waals surface area contributed by atoms with Gasteiger partial charge in [0.15, 0.2) is 28.1 Å². The molecule has 1 rings (SSSR count). The van der Waals surface area contributed by atoms with Gasteiger partial charge >= 0.3 is 5.97 Å². The topological polar surface area (TPSA) is 72.5 Å². The molecule has 3 radical (unpaired) electrons. The van der Waals surface area contributed by atoms with Crippen molar-refractivity contribution in [2.24, 2.45) is 5.92 Å². The highest BCUT2D eigenvalue weighted by atomic mass is 28.4. The van der Waals surface area contributed by atoms with E-state index < -0.39 is 34.1 Å². The summed E-state index contributed by atoms with van der Waals surface area (Å²) < 4.78 is 34.8. The predicted molar refractivity (Wildman–Crippen MR) is 137 cm³/mol. The van der Waals surface area contributed by atoms with Crippen molar-refractivity contribution in [3.8, 4) is 17.2 Å². The van der Waals surface area contributed by atoms with E-state index >= 15 is 0 Å². The van der Waals surface area contributed by atoms with Crippen molar-refractivity contribution >= 4 is 38.9 Å². The summed E-state index contributed by atoms with van der Waals surface area (Å²) >= 11 is 0. The van der Waals surface area contributed by atoms with Gasteiger partial charge in [0.2, 0.25) is 11.2 Å². The van der Waals surface area contributed by atoms with E-state index in [1.54, 1.807) is 25.3 Å². The van der Waals surface area contributed by atoms with Crippen LogP contribution in [0.5, 0.6) is 17.2 Å². The quantitative estimate of drug-likeness (QED) is 0.172. The fourth-order valence-electron chi connectivity index (χ4n) is 3.22.